The lowest BCUT2D eigenvalue weighted by Crippen LogP contribution is -2.38. The first kappa shape index (κ1) is 16.7. The molecule has 0 aliphatic heterocycles. The Kier molecular flexibility index (Phi) is 4.22. The van der Waals surface area contributed by atoms with Crippen LogP contribution in [-0.4, -0.2) is 14.3 Å². The first-order valence-corrected chi connectivity index (χ1v) is 9.48. The largest absolute Gasteiger partial charge is 0.273 e. The van der Waals surface area contributed by atoms with E-state index in [0.29, 0.717) is 5.69 Å². The van der Waals surface area contributed by atoms with Gasteiger partial charge in [-0.25, -0.2) is 12.7 Å². The van der Waals surface area contributed by atoms with Crippen molar-refractivity contribution in [2.24, 2.45) is 5.92 Å². The second-order valence-corrected chi connectivity index (χ2v) is 8.20. The predicted octanol–water partition coefficient (Wildman–Crippen LogP) is 3.74. The van der Waals surface area contributed by atoms with Gasteiger partial charge in [-0.05, 0) is 62.9 Å². The highest BCUT2D eigenvalue weighted by Crippen LogP contribution is 2.37. The molecule has 1 saturated carbocycles. The van der Waals surface area contributed by atoms with Crippen molar-refractivity contribution in [2.45, 2.75) is 38.5 Å². The van der Waals surface area contributed by atoms with Crippen LogP contribution < -0.4 is 4.31 Å². The molecule has 126 valence electrons. The molecule has 0 heterocycles. The molecule has 24 heavy (non-hydrogen) atoms. The summed E-state index contributed by atoms with van der Waals surface area (Å²) in [4.78, 5) is 12.9. The van der Waals surface area contributed by atoms with E-state index in [1.165, 1.54) is 0 Å². The number of anilines is 1. The van der Waals surface area contributed by atoms with E-state index in [1.54, 1.807) is 36.4 Å². The number of sulfonamides is 1. The molecule has 0 radical (unpaired) electrons. The van der Waals surface area contributed by atoms with Crippen molar-refractivity contribution >= 4 is 21.6 Å². The average Bonchev–Trinajstić information content (AvgIpc) is 3.36. The van der Waals surface area contributed by atoms with Crippen molar-refractivity contribution in [3.05, 3.63) is 59.2 Å². The normalized spacial score (nSPS) is 14.5. The predicted molar refractivity (Wildman–Crippen MR) is 94.5 cm³/mol. The van der Waals surface area contributed by atoms with Gasteiger partial charge < -0.3 is 0 Å². The molecule has 0 N–H and O–H groups in total. The van der Waals surface area contributed by atoms with Crippen LogP contribution in [0.5, 0.6) is 0 Å². The summed E-state index contributed by atoms with van der Waals surface area (Å²) in [6, 6.07) is 12.0. The molecule has 2 aromatic carbocycles. The highest BCUT2D eigenvalue weighted by Gasteiger charge is 2.40. The molecular weight excluding hydrogens is 322 g/mol. The zero-order valence-corrected chi connectivity index (χ0v) is 14.9. The monoisotopic (exact) mass is 343 g/mol. The zero-order valence-electron chi connectivity index (χ0n) is 14.1. The lowest BCUT2D eigenvalue weighted by Gasteiger charge is -2.25. The number of rotatable bonds is 4. The maximum Gasteiger partial charge on any atom is 0.270 e. The summed E-state index contributed by atoms with van der Waals surface area (Å²) in [7, 11) is -3.93. The van der Waals surface area contributed by atoms with Crippen molar-refractivity contribution in [1.29, 1.82) is 0 Å². The van der Waals surface area contributed by atoms with Crippen molar-refractivity contribution in [3.63, 3.8) is 0 Å². The van der Waals surface area contributed by atoms with E-state index in [9.17, 15) is 13.2 Å². The third kappa shape index (κ3) is 2.96. The summed E-state index contributed by atoms with van der Waals surface area (Å²) < 4.78 is 27.4. The van der Waals surface area contributed by atoms with E-state index in [-0.39, 0.29) is 16.7 Å². The molecule has 2 aromatic rings. The Labute approximate surface area is 143 Å². The Balaban J connectivity index is 2.16. The van der Waals surface area contributed by atoms with Crippen LogP contribution in [0, 0.1) is 26.7 Å². The van der Waals surface area contributed by atoms with Gasteiger partial charge in [-0.15, -0.1) is 0 Å². The minimum absolute atomic E-state index is 0.142. The summed E-state index contributed by atoms with van der Waals surface area (Å²) >= 11 is 0. The summed E-state index contributed by atoms with van der Waals surface area (Å²) in [5.74, 6) is -0.519. The first-order valence-electron chi connectivity index (χ1n) is 8.04. The fourth-order valence-electron chi connectivity index (χ4n) is 2.63. The molecule has 0 unspecified atom stereocenters. The second-order valence-electron chi connectivity index (χ2n) is 6.41. The number of amides is 1. The van der Waals surface area contributed by atoms with Crippen molar-refractivity contribution < 1.29 is 13.2 Å². The minimum atomic E-state index is -3.93. The molecule has 0 spiro atoms. The molecular formula is C19H21NO3S. The molecule has 4 nitrogen and oxygen atoms in total. The van der Waals surface area contributed by atoms with Crippen LogP contribution in [0.25, 0.3) is 0 Å². The Hall–Kier alpha value is -2.14. The third-order valence-electron chi connectivity index (χ3n) is 4.48. The van der Waals surface area contributed by atoms with Crippen LogP contribution in [0.4, 0.5) is 5.69 Å². The van der Waals surface area contributed by atoms with E-state index in [2.05, 4.69) is 0 Å². The minimum Gasteiger partial charge on any atom is -0.273 e. The first-order chi connectivity index (χ1) is 11.3. The van der Waals surface area contributed by atoms with Gasteiger partial charge in [0.1, 0.15) is 0 Å². The van der Waals surface area contributed by atoms with Gasteiger partial charge in [0.2, 0.25) is 5.91 Å². The highest BCUT2D eigenvalue weighted by atomic mass is 32.2. The van der Waals surface area contributed by atoms with Crippen LogP contribution >= 0.6 is 0 Å². The quantitative estimate of drug-likeness (QED) is 0.850. The Morgan fingerprint density at radius 2 is 1.62 bits per heavy atom. The third-order valence-corrected chi connectivity index (χ3v) is 6.21. The van der Waals surface area contributed by atoms with Gasteiger partial charge in [0, 0.05) is 5.92 Å². The number of carbonyl (C=O) groups is 1. The zero-order chi connectivity index (χ0) is 17.5. The van der Waals surface area contributed by atoms with Crippen LogP contribution in [0.2, 0.25) is 0 Å². The van der Waals surface area contributed by atoms with E-state index < -0.39 is 10.0 Å². The van der Waals surface area contributed by atoms with E-state index in [0.717, 1.165) is 33.8 Å². The molecule has 0 atom stereocenters. The van der Waals surface area contributed by atoms with Gasteiger partial charge in [-0.1, -0.05) is 29.8 Å². The lowest BCUT2D eigenvalue weighted by atomic mass is 10.1. The average molecular weight is 343 g/mol. The summed E-state index contributed by atoms with van der Waals surface area (Å²) in [5.41, 5.74) is 3.19. The number of benzene rings is 2. The van der Waals surface area contributed by atoms with E-state index in [1.807, 2.05) is 26.8 Å². The van der Waals surface area contributed by atoms with Gasteiger partial charge in [-0.2, -0.15) is 0 Å². The Morgan fingerprint density at radius 1 is 1.00 bits per heavy atom. The Bertz CT molecular complexity index is 881. The molecule has 0 saturated heterocycles. The maximum atomic E-state index is 13.2. The van der Waals surface area contributed by atoms with Crippen molar-refractivity contribution in [3.8, 4) is 0 Å². The number of hydrogen-bond donors (Lipinski definition) is 0. The molecule has 1 amide bonds. The van der Waals surface area contributed by atoms with Gasteiger partial charge in [0.25, 0.3) is 10.0 Å². The fourth-order valence-corrected chi connectivity index (χ4v) is 4.17. The van der Waals surface area contributed by atoms with Gasteiger partial charge in [-0.3, -0.25) is 4.79 Å². The van der Waals surface area contributed by atoms with E-state index >= 15 is 0 Å². The maximum absolute atomic E-state index is 13.2. The molecule has 5 heteroatoms. The lowest BCUT2D eigenvalue weighted by molar-refractivity contribution is -0.118. The van der Waals surface area contributed by atoms with Gasteiger partial charge in [0.15, 0.2) is 0 Å². The molecule has 3 rings (SSSR count). The Morgan fingerprint density at radius 3 is 2.21 bits per heavy atom. The molecule has 1 fully saturated rings. The fraction of sp³-hybridized carbons (Fsp3) is 0.316. The van der Waals surface area contributed by atoms with Crippen molar-refractivity contribution in [1.82, 2.24) is 0 Å². The van der Waals surface area contributed by atoms with Crippen LogP contribution in [0.3, 0.4) is 0 Å². The second kappa shape index (κ2) is 6.06. The van der Waals surface area contributed by atoms with Crippen LogP contribution in [-0.2, 0) is 14.8 Å². The standard InChI is InChI=1S/C19H21NO3S/c1-13-7-11-17(12-8-13)24(22,23)20(19(21)16-9-10-16)18-6-4-5-14(2)15(18)3/h4-8,11-12,16H,9-10H2,1-3H3. The van der Waals surface area contributed by atoms with Crippen LogP contribution in [0.1, 0.15) is 29.5 Å². The number of nitrogens with zero attached hydrogens (tertiary/aromatic N) is 1. The number of aryl methyl sites for hydroxylation is 2. The molecule has 1 aliphatic rings. The van der Waals surface area contributed by atoms with Crippen molar-refractivity contribution in [2.75, 3.05) is 4.31 Å². The van der Waals surface area contributed by atoms with E-state index in [4.69, 9.17) is 0 Å². The molecule has 0 aromatic heterocycles. The number of carbonyl (C=O) groups excluding carboxylic acids is 1. The smallest absolute Gasteiger partial charge is 0.270 e. The molecule has 0 bridgehead atoms. The molecule has 1 aliphatic carbocycles. The SMILES string of the molecule is Cc1ccc(S(=O)(=O)N(C(=O)C2CC2)c2cccc(C)c2C)cc1. The van der Waals surface area contributed by atoms with Gasteiger partial charge in [0.05, 0.1) is 10.6 Å². The summed E-state index contributed by atoms with van der Waals surface area (Å²) in [6.07, 6.45) is 1.51. The number of hydrogen-bond acceptors (Lipinski definition) is 3. The topological polar surface area (TPSA) is 54.5 Å². The van der Waals surface area contributed by atoms with Crippen LogP contribution in [0.15, 0.2) is 47.4 Å². The van der Waals surface area contributed by atoms with Gasteiger partial charge >= 0.3 is 0 Å². The summed E-state index contributed by atoms with van der Waals surface area (Å²) in [5, 5.41) is 0. The summed E-state index contributed by atoms with van der Waals surface area (Å²) in [6.45, 7) is 5.66. The highest BCUT2D eigenvalue weighted by molar-refractivity contribution is 7.93.